The number of aliphatic imine (C=N–C) groups is 1. The molecule has 3 rings (SSSR count). The van der Waals surface area contributed by atoms with Gasteiger partial charge >= 0.3 is 0 Å². The number of benzene rings is 1. The zero-order chi connectivity index (χ0) is 20.7. The van der Waals surface area contributed by atoms with E-state index in [2.05, 4.69) is 20.4 Å². The Morgan fingerprint density at radius 1 is 1.23 bits per heavy atom. The molecule has 0 unspecified atom stereocenters. The van der Waals surface area contributed by atoms with Crippen LogP contribution in [0.25, 0.3) is 0 Å². The number of nitrogens with one attached hydrogen (secondary N) is 1. The molecule has 1 N–H and O–H groups in total. The second-order valence-corrected chi connectivity index (χ2v) is 9.18. The van der Waals surface area contributed by atoms with Crippen molar-refractivity contribution in [1.82, 2.24) is 19.7 Å². The van der Waals surface area contributed by atoms with E-state index in [1.54, 1.807) is 13.1 Å². The number of piperazine rings is 1. The molecule has 8 nitrogen and oxygen atoms in total. The van der Waals surface area contributed by atoms with Crippen molar-refractivity contribution < 1.29 is 12.9 Å². The highest BCUT2D eigenvalue weighted by atomic mass is 127. The molecule has 1 fully saturated rings. The third kappa shape index (κ3) is 6.82. The van der Waals surface area contributed by atoms with Crippen molar-refractivity contribution in [3.05, 3.63) is 52.9 Å². The van der Waals surface area contributed by atoms with Gasteiger partial charge in [-0.15, -0.1) is 24.0 Å². The first kappa shape index (κ1) is 24.9. The summed E-state index contributed by atoms with van der Waals surface area (Å²) in [7, 11) is -1.67. The van der Waals surface area contributed by atoms with Gasteiger partial charge in [-0.25, -0.2) is 8.42 Å². The number of guanidine groups is 1. The monoisotopic (exact) mass is 567 g/mol. The Hall–Kier alpha value is -1.37. The molecule has 0 radical (unpaired) electrons. The van der Waals surface area contributed by atoms with Crippen LogP contribution in [0.15, 0.2) is 46.1 Å². The van der Waals surface area contributed by atoms with E-state index in [1.807, 2.05) is 24.3 Å². The van der Waals surface area contributed by atoms with Crippen molar-refractivity contribution in [2.45, 2.75) is 18.6 Å². The van der Waals surface area contributed by atoms with Gasteiger partial charge in [0.1, 0.15) is 12.0 Å². The summed E-state index contributed by atoms with van der Waals surface area (Å²) in [6.45, 7) is 2.77. The first-order valence-electron chi connectivity index (χ1n) is 9.55. The van der Waals surface area contributed by atoms with Gasteiger partial charge in [0, 0.05) is 50.9 Å². The summed E-state index contributed by atoms with van der Waals surface area (Å²) in [4.78, 5) is 6.42. The number of hydrogen-bond donors (Lipinski definition) is 1. The average molecular weight is 568 g/mol. The fourth-order valence-corrected chi connectivity index (χ4v) is 4.94. The molecule has 2 aromatic rings. The molecule has 0 saturated carbocycles. The van der Waals surface area contributed by atoms with E-state index in [9.17, 15) is 8.42 Å². The summed E-state index contributed by atoms with van der Waals surface area (Å²) in [5.74, 6) is 0.649. The van der Waals surface area contributed by atoms with E-state index in [1.165, 1.54) is 10.6 Å². The molecule has 2 heterocycles. The largest absolute Gasteiger partial charge is 0.364 e. The van der Waals surface area contributed by atoms with Gasteiger partial charge in [-0.3, -0.25) is 4.99 Å². The molecular formula is C19H27ClIN5O3S. The Morgan fingerprint density at radius 3 is 2.60 bits per heavy atom. The minimum absolute atomic E-state index is 0. The molecular weight excluding hydrogens is 541 g/mol. The zero-order valence-electron chi connectivity index (χ0n) is 16.8. The van der Waals surface area contributed by atoms with Gasteiger partial charge in [0.25, 0.3) is 0 Å². The summed E-state index contributed by atoms with van der Waals surface area (Å²) in [6, 6.07) is 9.43. The summed E-state index contributed by atoms with van der Waals surface area (Å²) >= 11 is 6.19. The smallest absolute Gasteiger partial charge is 0.220 e. The number of rotatable bonds is 7. The number of sulfonamides is 1. The van der Waals surface area contributed by atoms with Gasteiger partial charge in [-0.05, 0) is 24.5 Å². The predicted octanol–water partition coefficient (Wildman–Crippen LogP) is 2.60. The van der Waals surface area contributed by atoms with Crippen LogP contribution in [-0.2, 0) is 22.2 Å². The van der Waals surface area contributed by atoms with Crippen LogP contribution in [-0.4, -0.2) is 68.5 Å². The van der Waals surface area contributed by atoms with Crippen LogP contribution in [0.5, 0.6) is 0 Å². The molecule has 1 aliphatic heterocycles. The Balaban J connectivity index is 0.00000320. The summed E-state index contributed by atoms with van der Waals surface area (Å²) in [5, 5.41) is 7.85. The maximum Gasteiger partial charge on any atom is 0.220 e. The minimum Gasteiger partial charge on any atom is -0.364 e. The summed E-state index contributed by atoms with van der Waals surface area (Å²) in [6.07, 6.45) is 3.19. The normalized spacial score (nSPS) is 15.7. The van der Waals surface area contributed by atoms with Crippen LogP contribution in [0.4, 0.5) is 0 Å². The lowest BCUT2D eigenvalue weighted by atomic mass is 10.1. The van der Waals surface area contributed by atoms with Crippen LogP contribution in [0.1, 0.15) is 17.7 Å². The van der Waals surface area contributed by atoms with Crippen LogP contribution < -0.4 is 5.32 Å². The van der Waals surface area contributed by atoms with Gasteiger partial charge < -0.3 is 14.7 Å². The SMILES string of the molecule is CN=C(NCCCc1ccccc1Cl)N1CCN(S(=O)(=O)Cc2ccon2)CC1.I. The number of aryl methyl sites for hydroxylation is 1. The van der Waals surface area contributed by atoms with Crippen molar-refractivity contribution in [2.24, 2.45) is 4.99 Å². The van der Waals surface area contributed by atoms with Crippen molar-refractivity contribution in [2.75, 3.05) is 39.8 Å². The van der Waals surface area contributed by atoms with Gasteiger partial charge in [0.15, 0.2) is 5.96 Å². The molecule has 11 heteroatoms. The minimum atomic E-state index is -3.41. The van der Waals surface area contributed by atoms with Gasteiger partial charge in [-0.1, -0.05) is 35.0 Å². The standard InChI is InChI=1S/C19H26ClN5O3S.HI/c1-21-19(22-9-4-6-16-5-2-3-7-18(16)20)24-10-12-25(13-11-24)29(26,27)15-17-8-14-28-23-17;/h2-3,5,7-8,14H,4,6,9-13,15H2,1H3,(H,21,22);1H. The molecule has 1 saturated heterocycles. The van der Waals surface area contributed by atoms with E-state index in [0.717, 1.165) is 35.9 Å². The number of hydrogen-bond acceptors (Lipinski definition) is 5. The zero-order valence-corrected chi connectivity index (χ0v) is 20.7. The number of halogens is 2. The summed E-state index contributed by atoms with van der Waals surface area (Å²) < 4.78 is 31.3. The van der Waals surface area contributed by atoms with E-state index >= 15 is 0 Å². The molecule has 0 spiro atoms. The average Bonchev–Trinajstić information content (AvgIpc) is 3.22. The lowest BCUT2D eigenvalue weighted by Gasteiger charge is -2.35. The molecule has 0 aliphatic carbocycles. The molecule has 1 aliphatic rings. The fourth-order valence-electron chi connectivity index (χ4n) is 3.28. The third-order valence-corrected chi connectivity index (χ3v) is 7.01. The van der Waals surface area contributed by atoms with Crippen molar-refractivity contribution in [3.8, 4) is 0 Å². The van der Waals surface area contributed by atoms with Crippen molar-refractivity contribution in [1.29, 1.82) is 0 Å². The van der Waals surface area contributed by atoms with Crippen LogP contribution in [0.3, 0.4) is 0 Å². The fraction of sp³-hybridized carbons (Fsp3) is 0.474. The lowest BCUT2D eigenvalue weighted by molar-refractivity contribution is 0.260. The number of aromatic nitrogens is 1. The van der Waals surface area contributed by atoms with Crippen molar-refractivity contribution in [3.63, 3.8) is 0 Å². The Labute approximate surface area is 199 Å². The Kier molecular flexibility index (Phi) is 9.85. The first-order valence-corrected chi connectivity index (χ1v) is 11.5. The predicted molar refractivity (Wildman–Crippen MR) is 129 cm³/mol. The van der Waals surface area contributed by atoms with Crippen LogP contribution >= 0.6 is 35.6 Å². The quantitative estimate of drug-likeness (QED) is 0.239. The van der Waals surface area contributed by atoms with Crippen LogP contribution in [0, 0.1) is 0 Å². The van der Waals surface area contributed by atoms with E-state index in [-0.39, 0.29) is 29.7 Å². The van der Waals surface area contributed by atoms with E-state index in [4.69, 9.17) is 16.1 Å². The topological polar surface area (TPSA) is 91.0 Å². The summed E-state index contributed by atoms with van der Waals surface area (Å²) in [5.41, 5.74) is 1.56. The number of nitrogens with zero attached hydrogens (tertiary/aromatic N) is 4. The highest BCUT2D eigenvalue weighted by Gasteiger charge is 2.28. The first-order chi connectivity index (χ1) is 14.0. The van der Waals surface area contributed by atoms with Gasteiger partial charge in [-0.2, -0.15) is 4.31 Å². The van der Waals surface area contributed by atoms with Gasteiger partial charge in [0.2, 0.25) is 10.0 Å². The second kappa shape index (κ2) is 11.9. The molecule has 166 valence electrons. The molecule has 1 aromatic heterocycles. The Morgan fingerprint density at radius 2 is 1.97 bits per heavy atom. The highest BCUT2D eigenvalue weighted by molar-refractivity contribution is 14.0. The lowest BCUT2D eigenvalue weighted by Crippen LogP contribution is -2.54. The molecule has 1 aromatic carbocycles. The molecule has 0 atom stereocenters. The highest BCUT2D eigenvalue weighted by Crippen LogP contribution is 2.16. The Bertz CT molecular complexity index is 916. The van der Waals surface area contributed by atoms with E-state index < -0.39 is 10.0 Å². The molecule has 30 heavy (non-hydrogen) atoms. The molecule has 0 bridgehead atoms. The maximum absolute atomic E-state index is 12.5. The van der Waals surface area contributed by atoms with Crippen molar-refractivity contribution >= 4 is 51.6 Å². The van der Waals surface area contributed by atoms with Gasteiger partial charge in [0.05, 0.1) is 5.69 Å². The van der Waals surface area contributed by atoms with E-state index in [0.29, 0.717) is 31.9 Å². The van der Waals surface area contributed by atoms with Crippen LogP contribution in [0.2, 0.25) is 5.02 Å². The molecule has 0 amide bonds. The maximum atomic E-state index is 12.5. The third-order valence-electron chi connectivity index (χ3n) is 4.83. The second-order valence-electron chi connectivity index (χ2n) is 6.80.